The van der Waals surface area contributed by atoms with Crippen LogP contribution in [0.5, 0.6) is 0 Å². The van der Waals surface area contributed by atoms with E-state index in [0.717, 1.165) is 72.3 Å². The molecule has 3 nitrogen and oxygen atoms in total. The molecular formula is C55H38N2O. The predicted molar refractivity (Wildman–Crippen MR) is 239 cm³/mol. The van der Waals surface area contributed by atoms with Crippen molar-refractivity contribution in [1.29, 1.82) is 0 Å². The second kappa shape index (κ2) is 13.4. The summed E-state index contributed by atoms with van der Waals surface area (Å²) in [6.45, 7) is 4.65. The van der Waals surface area contributed by atoms with Gasteiger partial charge in [0.25, 0.3) is 0 Å². The van der Waals surface area contributed by atoms with E-state index in [-0.39, 0.29) is 5.41 Å². The second-order valence-electron chi connectivity index (χ2n) is 15.8. The van der Waals surface area contributed by atoms with E-state index in [1.807, 2.05) is 30.3 Å². The third kappa shape index (κ3) is 5.66. The van der Waals surface area contributed by atoms with Gasteiger partial charge in [-0.2, -0.15) is 0 Å². The van der Waals surface area contributed by atoms with Crippen LogP contribution in [0.3, 0.4) is 0 Å². The van der Waals surface area contributed by atoms with Crippen LogP contribution in [0.15, 0.2) is 199 Å². The van der Waals surface area contributed by atoms with Crippen molar-refractivity contribution in [2.75, 3.05) is 0 Å². The van der Waals surface area contributed by atoms with Crippen LogP contribution in [-0.4, -0.2) is 9.97 Å². The summed E-state index contributed by atoms with van der Waals surface area (Å²) in [4.78, 5) is 10.5. The van der Waals surface area contributed by atoms with Gasteiger partial charge in [-0.15, -0.1) is 0 Å². The first-order valence-electron chi connectivity index (χ1n) is 19.9. The zero-order valence-electron chi connectivity index (χ0n) is 32.3. The molecule has 1 aliphatic carbocycles. The minimum absolute atomic E-state index is 0.0160. The van der Waals surface area contributed by atoms with Crippen molar-refractivity contribution >= 4 is 21.9 Å². The summed E-state index contributed by atoms with van der Waals surface area (Å²) in [5.74, 6) is 0.687. The Morgan fingerprint density at radius 3 is 1.74 bits per heavy atom. The molecule has 0 unspecified atom stereocenters. The lowest BCUT2D eigenvalue weighted by molar-refractivity contribution is 0.660. The van der Waals surface area contributed by atoms with Gasteiger partial charge in [0, 0.05) is 32.9 Å². The van der Waals surface area contributed by atoms with Crippen molar-refractivity contribution in [2.24, 2.45) is 0 Å². The first kappa shape index (κ1) is 33.9. The fourth-order valence-electron chi connectivity index (χ4n) is 8.94. The van der Waals surface area contributed by atoms with E-state index < -0.39 is 0 Å². The van der Waals surface area contributed by atoms with E-state index in [4.69, 9.17) is 14.4 Å². The van der Waals surface area contributed by atoms with Gasteiger partial charge in [0.1, 0.15) is 11.2 Å². The summed E-state index contributed by atoms with van der Waals surface area (Å²) in [6.07, 6.45) is 0. The number of para-hydroxylation sites is 1. The summed E-state index contributed by atoms with van der Waals surface area (Å²) in [6, 6.07) is 69.0. The Labute approximate surface area is 338 Å². The van der Waals surface area contributed by atoms with Crippen molar-refractivity contribution in [3.63, 3.8) is 0 Å². The van der Waals surface area contributed by atoms with Crippen molar-refractivity contribution in [1.82, 2.24) is 9.97 Å². The molecule has 11 rings (SSSR count). The van der Waals surface area contributed by atoms with E-state index in [9.17, 15) is 0 Å². The first-order valence-corrected chi connectivity index (χ1v) is 19.9. The van der Waals surface area contributed by atoms with E-state index in [1.165, 1.54) is 33.4 Å². The van der Waals surface area contributed by atoms with Crippen LogP contribution in [0.1, 0.15) is 25.0 Å². The Hall–Kier alpha value is -7.36. The summed E-state index contributed by atoms with van der Waals surface area (Å²) >= 11 is 0. The maximum Gasteiger partial charge on any atom is 0.160 e. The van der Waals surface area contributed by atoms with Crippen LogP contribution >= 0.6 is 0 Å². The molecule has 2 aromatic heterocycles. The van der Waals surface area contributed by atoms with E-state index in [2.05, 4.69) is 178 Å². The molecular weight excluding hydrogens is 705 g/mol. The van der Waals surface area contributed by atoms with E-state index in [1.54, 1.807) is 0 Å². The number of furan rings is 1. The molecule has 1 aliphatic rings. The molecule has 0 radical (unpaired) electrons. The van der Waals surface area contributed by atoms with Gasteiger partial charge in [0.05, 0.1) is 11.4 Å². The molecule has 0 atom stereocenters. The molecule has 0 bridgehead atoms. The van der Waals surface area contributed by atoms with Gasteiger partial charge in [-0.05, 0) is 98.1 Å². The highest BCUT2D eigenvalue weighted by molar-refractivity contribution is 6.12. The van der Waals surface area contributed by atoms with Crippen LogP contribution in [0, 0.1) is 0 Å². The third-order valence-corrected chi connectivity index (χ3v) is 11.9. The Morgan fingerprint density at radius 1 is 0.362 bits per heavy atom. The second-order valence-corrected chi connectivity index (χ2v) is 15.8. The molecule has 10 aromatic rings. The zero-order valence-corrected chi connectivity index (χ0v) is 32.3. The summed E-state index contributed by atoms with van der Waals surface area (Å²) in [5, 5.41) is 2.21. The van der Waals surface area contributed by atoms with Crippen molar-refractivity contribution in [2.45, 2.75) is 19.3 Å². The number of benzene rings is 8. The van der Waals surface area contributed by atoms with Crippen LogP contribution in [0.2, 0.25) is 0 Å². The van der Waals surface area contributed by atoms with Gasteiger partial charge >= 0.3 is 0 Å². The van der Waals surface area contributed by atoms with Crippen LogP contribution in [-0.2, 0) is 5.41 Å². The lowest BCUT2D eigenvalue weighted by Gasteiger charge is -2.21. The molecule has 0 aliphatic heterocycles. The average Bonchev–Trinajstić information content (AvgIpc) is 3.78. The fraction of sp³-hybridized carbons (Fsp3) is 0.0545. The normalized spacial score (nSPS) is 12.8. The van der Waals surface area contributed by atoms with Gasteiger partial charge in [0.2, 0.25) is 0 Å². The molecule has 274 valence electrons. The SMILES string of the molecule is CC1(C)c2ccccc2-c2cc(-c3ccc(-c4cc(-c5cc(-c6ccccc6)cc(-c6cccc7oc8ccccc8c67)c5)nc(-c5ccccc5)n4)cc3)ccc21. The number of hydrogen-bond acceptors (Lipinski definition) is 3. The highest BCUT2D eigenvalue weighted by Gasteiger charge is 2.35. The Bertz CT molecular complexity index is 3180. The van der Waals surface area contributed by atoms with Crippen molar-refractivity contribution < 1.29 is 4.42 Å². The molecule has 0 fully saturated rings. The van der Waals surface area contributed by atoms with Crippen LogP contribution < -0.4 is 0 Å². The summed E-state index contributed by atoms with van der Waals surface area (Å²) in [7, 11) is 0. The lowest BCUT2D eigenvalue weighted by atomic mass is 9.82. The van der Waals surface area contributed by atoms with E-state index >= 15 is 0 Å². The first-order chi connectivity index (χ1) is 28.5. The Balaban J connectivity index is 1.05. The van der Waals surface area contributed by atoms with Crippen LogP contribution in [0.25, 0.3) is 100 Å². The van der Waals surface area contributed by atoms with Crippen molar-refractivity contribution in [3.05, 3.63) is 205 Å². The number of hydrogen-bond donors (Lipinski definition) is 0. The minimum Gasteiger partial charge on any atom is -0.456 e. The van der Waals surface area contributed by atoms with E-state index in [0.29, 0.717) is 5.82 Å². The quantitative estimate of drug-likeness (QED) is 0.170. The third-order valence-electron chi connectivity index (χ3n) is 11.9. The molecule has 0 saturated carbocycles. The molecule has 0 N–H and O–H groups in total. The molecule has 0 amide bonds. The molecule has 8 aromatic carbocycles. The van der Waals surface area contributed by atoms with Gasteiger partial charge in [-0.3, -0.25) is 0 Å². The van der Waals surface area contributed by atoms with Gasteiger partial charge in [-0.25, -0.2) is 9.97 Å². The van der Waals surface area contributed by atoms with Gasteiger partial charge < -0.3 is 4.42 Å². The Morgan fingerprint density at radius 2 is 0.931 bits per heavy atom. The number of rotatable bonds is 6. The van der Waals surface area contributed by atoms with Crippen molar-refractivity contribution in [3.8, 4) is 78.4 Å². The van der Waals surface area contributed by atoms with Gasteiger partial charge in [0.15, 0.2) is 5.82 Å². The number of fused-ring (bicyclic) bond motifs is 6. The smallest absolute Gasteiger partial charge is 0.160 e. The summed E-state index contributed by atoms with van der Waals surface area (Å²) < 4.78 is 6.33. The van der Waals surface area contributed by atoms with Crippen LogP contribution in [0.4, 0.5) is 0 Å². The maximum absolute atomic E-state index is 6.33. The monoisotopic (exact) mass is 742 g/mol. The largest absolute Gasteiger partial charge is 0.456 e. The average molecular weight is 743 g/mol. The zero-order chi connectivity index (χ0) is 38.8. The maximum atomic E-state index is 6.33. The predicted octanol–water partition coefficient (Wildman–Crippen LogP) is 14.7. The molecule has 0 spiro atoms. The molecule has 58 heavy (non-hydrogen) atoms. The highest BCUT2D eigenvalue weighted by Crippen LogP contribution is 2.49. The molecule has 2 heterocycles. The molecule has 0 saturated heterocycles. The molecule has 3 heteroatoms. The minimum atomic E-state index is -0.0160. The number of aromatic nitrogens is 2. The standard InChI is InChI=1S/C55H38N2O/c1-55(2)47-21-11-9-18-44(47)46-33-39(28-29-48(46)55)36-24-26-37(27-25-36)49-34-50(57-54(56-49)38-16-7-4-8-17-38)42-31-40(35-14-5-3-6-15-35)30-41(32-42)43-20-13-23-52-53(43)45-19-10-12-22-51(45)58-52/h3-34H,1-2H3. The summed E-state index contributed by atoms with van der Waals surface area (Å²) in [5.41, 5.74) is 18.8. The lowest BCUT2D eigenvalue weighted by Crippen LogP contribution is -2.14. The topological polar surface area (TPSA) is 38.9 Å². The Kier molecular flexibility index (Phi) is 7.84. The van der Waals surface area contributed by atoms with Gasteiger partial charge in [-0.1, -0.05) is 166 Å². The highest BCUT2D eigenvalue weighted by atomic mass is 16.3. The number of nitrogens with zero attached hydrogens (tertiary/aromatic N) is 2. The fourth-order valence-corrected chi connectivity index (χ4v) is 8.94.